The van der Waals surface area contributed by atoms with Crippen molar-refractivity contribution >= 4 is 64.1 Å². The molecular formula is C37H55N7O9S. The number of carboxylic acid groups (broad SMARTS) is 2. The predicted octanol–water partition coefficient (Wildman–Crippen LogP) is 1.37. The standard InChI is InChI=1S/C37H55N7O9S/c1-20(2)15-27(41-32(47)24(38)17-22-19-39-25-10-7-6-9-23(22)25)33(48)42-28(16-21(3)4)34(49)43-29(18-31(45)46)36(51)44-13-8-11-30(44)35(50)40-26(37(52)53)12-14-54-5/h6-7,9-10,19-21,24,26-30,39H,8,11-18,38H2,1-5H3,(H,40,50)(H,41,47)(H,42,48)(H,43,49)(H,45,46)(H,52,53)/t24-,26-,27-,28-,29-,30-/m0/s1. The summed E-state index contributed by atoms with van der Waals surface area (Å²) < 4.78 is 0. The Bertz CT molecular complexity index is 1650. The Kier molecular flexibility index (Phi) is 16.8. The van der Waals surface area contributed by atoms with Crippen LogP contribution in [0.3, 0.4) is 0 Å². The maximum absolute atomic E-state index is 13.8. The molecule has 0 radical (unpaired) electrons. The van der Waals surface area contributed by atoms with Gasteiger partial charge in [-0.25, -0.2) is 4.79 Å². The van der Waals surface area contributed by atoms with E-state index in [0.29, 0.717) is 12.2 Å². The van der Waals surface area contributed by atoms with Crippen LogP contribution in [0, 0.1) is 11.8 Å². The molecule has 3 rings (SSSR count). The van der Waals surface area contributed by atoms with Crippen LogP contribution in [-0.2, 0) is 40.0 Å². The first-order valence-corrected chi connectivity index (χ1v) is 19.7. The van der Waals surface area contributed by atoms with E-state index in [4.69, 9.17) is 5.73 Å². The van der Waals surface area contributed by atoms with E-state index in [9.17, 15) is 43.8 Å². The zero-order valence-electron chi connectivity index (χ0n) is 31.6. The number of hydrogen-bond acceptors (Lipinski definition) is 9. The third-order valence-corrected chi connectivity index (χ3v) is 9.83. The van der Waals surface area contributed by atoms with Crippen molar-refractivity contribution in [1.82, 2.24) is 31.2 Å². The van der Waals surface area contributed by atoms with E-state index in [1.165, 1.54) is 16.7 Å². The van der Waals surface area contributed by atoms with Crippen LogP contribution in [0.25, 0.3) is 10.9 Å². The molecular weight excluding hydrogens is 719 g/mol. The van der Waals surface area contributed by atoms with Crippen LogP contribution in [0.4, 0.5) is 0 Å². The number of nitrogens with one attached hydrogen (secondary N) is 5. The summed E-state index contributed by atoms with van der Waals surface area (Å²) in [7, 11) is 0. The van der Waals surface area contributed by atoms with Gasteiger partial charge < -0.3 is 47.1 Å². The maximum atomic E-state index is 13.8. The van der Waals surface area contributed by atoms with Gasteiger partial charge in [-0.2, -0.15) is 11.8 Å². The van der Waals surface area contributed by atoms with Gasteiger partial charge in [0.05, 0.1) is 12.5 Å². The Hall–Kier alpha value is -4.64. The highest BCUT2D eigenvalue weighted by molar-refractivity contribution is 7.98. The van der Waals surface area contributed by atoms with Crippen molar-refractivity contribution in [2.75, 3.05) is 18.6 Å². The summed E-state index contributed by atoms with van der Waals surface area (Å²) in [5, 5.41) is 30.6. The number of fused-ring (bicyclic) bond motifs is 1. The van der Waals surface area contributed by atoms with Crippen LogP contribution in [0.1, 0.15) is 71.8 Å². The fourth-order valence-corrected chi connectivity index (χ4v) is 6.97. The summed E-state index contributed by atoms with van der Waals surface area (Å²) in [6.45, 7) is 7.48. The second kappa shape index (κ2) is 20.7. The highest BCUT2D eigenvalue weighted by atomic mass is 32.2. The molecule has 1 aromatic carbocycles. The van der Waals surface area contributed by atoms with Gasteiger partial charge in [0.1, 0.15) is 30.2 Å². The van der Waals surface area contributed by atoms with E-state index in [2.05, 4.69) is 26.3 Å². The summed E-state index contributed by atoms with van der Waals surface area (Å²) >= 11 is 1.42. The van der Waals surface area contributed by atoms with Gasteiger partial charge in [0.2, 0.25) is 29.5 Å². The number of benzene rings is 1. The number of H-pyrrole nitrogens is 1. The van der Waals surface area contributed by atoms with Crippen LogP contribution >= 0.6 is 11.8 Å². The molecule has 2 aromatic rings. The van der Waals surface area contributed by atoms with Crippen molar-refractivity contribution in [3.05, 3.63) is 36.0 Å². The number of aliphatic carboxylic acids is 2. The average Bonchev–Trinajstić information content (AvgIpc) is 3.76. The molecule has 9 N–H and O–H groups in total. The molecule has 16 nitrogen and oxygen atoms in total. The van der Waals surface area contributed by atoms with Gasteiger partial charge >= 0.3 is 11.9 Å². The van der Waals surface area contributed by atoms with E-state index in [1.807, 2.05) is 52.0 Å². The Morgan fingerprint density at radius 3 is 2.04 bits per heavy atom. The Balaban J connectivity index is 1.75. The number of nitrogens with two attached hydrogens (primary N) is 1. The largest absolute Gasteiger partial charge is 0.481 e. The highest BCUT2D eigenvalue weighted by Crippen LogP contribution is 2.21. The molecule has 0 aliphatic carbocycles. The number of aromatic amines is 1. The molecule has 5 amide bonds. The summed E-state index contributed by atoms with van der Waals surface area (Å²) in [5.41, 5.74) is 8.04. The van der Waals surface area contributed by atoms with E-state index >= 15 is 0 Å². The fourth-order valence-electron chi connectivity index (χ4n) is 6.50. The van der Waals surface area contributed by atoms with Crippen molar-refractivity contribution < 1.29 is 43.8 Å². The molecule has 1 fully saturated rings. The van der Waals surface area contributed by atoms with E-state index in [0.717, 1.165) is 16.5 Å². The Morgan fingerprint density at radius 1 is 0.870 bits per heavy atom. The van der Waals surface area contributed by atoms with Gasteiger partial charge in [-0.05, 0) is 74.0 Å². The number of amides is 5. The van der Waals surface area contributed by atoms with Crippen LogP contribution in [0.15, 0.2) is 30.5 Å². The molecule has 2 heterocycles. The zero-order chi connectivity index (χ0) is 40.1. The first kappa shape index (κ1) is 43.8. The smallest absolute Gasteiger partial charge is 0.326 e. The zero-order valence-corrected chi connectivity index (χ0v) is 32.4. The summed E-state index contributed by atoms with van der Waals surface area (Å²) in [6.07, 6.45) is 4.14. The van der Waals surface area contributed by atoms with Crippen LogP contribution in [0.5, 0.6) is 0 Å². The molecule has 1 aromatic heterocycles. The van der Waals surface area contributed by atoms with Gasteiger partial charge in [-0.15, -0.1) is 0 Å². The van der Waals surface area contributed by atoms with E-state index < -0.39 is 84.1 Å². The number of carbonyl (C=O) groups is 7. The van der Waals surface area contributed by atoms with Gasteiger partial charge in [0, 0.05) is 23.6 Å². The monoisotopic (exact) mass is 773 g/mol. The number of aromatic nitrogens is 1. The van der Waals surface area contributed by atoms with E-state index in [1.54, 1.807) is 12.5 Å². The lowest BCUT2D eigenvalue weighted by Gasteiger charge is -2.30. The minimum absolute atomic E-state index is 0.0391. The second-order valence-electron chi connectivity index (χ2n) is 14.6. The third-order valence-electron chi connectivity index (χ3n) is 9.19. The Labute approximate surface area is 319 Å². The van der Waals surface area contributed by atoms with Crippen molar-refractivity contribution in [3.8, 4) is 0 Å². The van der Waals surface area contributed by atoms with Crippen molar-refractivity contribution in [3.63, 3.8) is 0 Å². The summed E-state index contributed by atoms with van der Waals surface area (Å²) in [6, 6.07) is 0.535. The van der Waals surface area contributed by atoms with E-state index in [-0.39, 0.29) is 50.5 Å². The van der Waals surface area contributed by atoms with Crippen molar-refractivity contribution in [2.45, 2.75) is 109 Å². The lowest BCUT2D eigenvalue weighted by atomic mass is 9.99. The molecule has 1 aliphatic rings. The molecule has 1 aliphatic heterocycles. The first-order chi connectivity index (χ1) is 25.5. The third kappa shape index (κ3) is 12.7. The molecule has 0 bridgehead atoms. The molecule has 1 saturated heterocycles. The maximum Gasteiger partial charge on any atom is 0.326 e. The van der Waals surface area contributed by atoms with Gasteiger partial charge in [0.15, 0.2) is 0 Å². The number of thioether (sulfide) groups is 1. The number of likely N-dealkylation sites (tertiary alicyclic amines) is 1. The SMILES string of the molecule is CSCC[C@H](NC(=O)[C@@H]1CCCN1C(=O)[C@H](CC(=O)O)NC(=O)[C@H](CC(C)C)NC(=O)[C@H](CC(C)C)NC(=O)[C@@H](N)Cc1c[nH]c2ccccc12)C(=O)O. The minimum atomic E-state index is -1.59. The highest BCUT2D eigenvalue weighted by Gasteiger charge is 2.40. The van der Waals surface area contributed by atoms with Crippen LogP contribution < -0.4 is 27.0 Å². The molecule has 6 atom stereocenters. The van der Waals surface area contributed by atoms with Crippen LogP contribution in [-0.4, -0.2) is 116 Å². The lowest BCUT2D eigenvalue weighted by molar-refractivity contribution is -0.147. The number of carbonyl (C=O) groups excluding carboxylic acids is 5. The number of nitrogens with zero attached hydrogens (tertiary/aromatic N) is 1. The summed E-state index contributed by atoms with van der Waals surface area (Å²) in [4.78, 5) is 95.7. The molecule has 0 spiro atoms. The number of rotatable bonds is 21. The second-order valence-corrected chi connectivity index (χ2v) is 15.6. The van der Waals surface area contributed by atoms with Gasteiger partial charge in [-0.3, -0.25) is 28.8 Å². The summed E-state index contributed by atoms with van der Waals surface area (Å²) in [5.74, 6) is -5.80. The molecule has 0 saturated carbocycles. The molecule has 17 heteroatoms. The Morgan fingerprint density at radius 2 is 1.46 bits per heavy atom. The van der Waals surface area contributed by atoms with Gasteiger partial charge in [0.25, 0.3) is 0 Å². The molecule has 54 heavy (non-hydrogen) atoms. The van der Waals surface area contributed by atoms with Crippen molar-refractivity contribution in [1.29, 1.82) is 0 Å². The quantitative estimate of drug-likeness (QED) is 0.0900. The van der Waals surface area contributed by atoms with Gasteiger partial charge in [-0.1, -0.05) is 45.9 Å². The number of para-hydroxylation sites is 1. The fraction of sp³-hybridized carbons (Fsp3) is 0.595. The molecule has 0 unspecified atom stereocenters. The van der Waals surface area contributed by atoms with Crippen molar-refractivity contribution in [2.24, 2.45) is 17.6 Å². The number of hydrogen-bond donors (Lipinski definition) is 8. The first-order valence-electron chi connectivity index (χ1n) is 18.3. The topological polar surface area (TPSA) is 253 Å². The number of carboxylic acids is 2. The molecule has 298 valence electrons. The minimum Gasteiger partial charge on any atom is -0.481 e. The lowest BCUT2D eigenvalue weighted by Crippen LogP contribution is -2.59. The van der Waals surface area contributed by atoms with Crippen LogP contribution in [0.2, 0.25) is 0 Å². The average molecular weight is 774 g/mol. The normalized spacial score (nSPS) is 17.0. The predicted molar refractivity (Wildman–Crippen MR) is 204 cm³/mol.